The van der Waals surface area contributed by atoms with Gasteiger partial charge in [0.2, 0.25) is 5.91 Å². The fraction of sp³-hybridized carbons (Fsp3) is 0.462. The molecule has 0 radical (unpaired) electrons. The number of nitrogens with one attached hydrogen (secondary N) is 1. The second kappa shape index (κ2) is 6.69. The molecular formula is C26H29N3O. The summed E-state index contributed by atoms with van der Waals surface area (Å²) in [5.74, 6) is 2.85. The van der Waals surface area contributed by atoms with Crippen molar-refractivity contribution in [3.63, 3.8) is 0 Å². The van der Waals surface area contributed by atoms with Crippen molar-refractivity contribution in [2.75, 3.05) is 5.32 Å². The summed E-state index contributed by atoms with van der Waals surface area (Å²) < 4.78 is 2.06. The Morgan fingerprint density at radius 1 is 1.07 bits per heavy atom. The second-order valence-electron chi connectivity index (χ2n) is 10.3. The zero-order chi connectivity index (χ0) is 20.3. The van der Waals surface area contributed by atoms with Crippen LogP contribution < -0.4 is 5.32 Å². The molecule has 4 aliphatic rings. The molecule has 4 heteroatoms. The number of pyridine rings is 1. The lowest BCUT2D eigenvalue weighted by Crippen LogP contribution is -2.47. The second-order valence-corrected chi connectivity index (χ2v) is 10.3. The first-order valence-electron chi connectivity index (χ1n) is 11.4. The highest BCUT2D eigenvalue weighted by Gasteiger charge is 2.51. The highest BCUT2D eigenvalue weighted by molar-refractivity contribution is 5.91. The van der Waals surface area contributed by atoms with Gasteiger partial charge in [-0.25, -0.2) is 4.98 Å². The van der Waals surface area contributed by atoms with Crippen LogP contribution in [-0.2, 0) is 4.79 Å². The van der Waals surface area contributed by atoms with E-state index in [1.165, 1.54) is 38.5 Å². The van der Waals surface area contributed by atoms with E-state index in [4.69, 9.17) is 4.98 Å². The molecule has 30 heavy (non-hydrogen) atoms. The van der Waals surface area contributed by atoms with E-state index in [2.05, 4.69) is 41.0 Å². The maximum absolute atomic E-state index is 12.9. The Hall–Kier alpha value is -2.62. The molecule has 3 aromatic rings. The number of aromatic nitrogens is 2. The molecule has 1 amide bonds. The monoisotopic (exact) mass is 399 g/mol. The third-order valence-electron chi connectivity index (χ3n) is 7.84. The van der Waals surface area contributed by atoms with E-state index in [1.807, 2.05) is 24.4 Å². The quantitative estimate of drug-likeness (QED) is 0.598. The third-order valence-corrected chi connectivity index (χ3v) is 7.84. The van der Waals surface area contributed by atoms with Gasteiger partial charge >= 0.3 is 0 Å². The molecule has 154 valence electrons. The van der Waals surface area contributed by atoms with Crippen molar-refractivity contribution in [1.29, 1.82) is 0 Å². The van der Waals surface area contributed by atoms with Crippen LogP contribution in [0.15, 0.2) is 48.8 Å². The summed E-state index contributed by atoms with van der Waals surface area (Å²) in [6.07, 6.45) is 12.9. The summed E-state index contributed by atoms with van der Waals surface area (Å²) in [6.45, 7) is 2.08. The van der Waals surface area contributed by atoms with Crippen LogP contribution in [0.1, 0.15) is 50.5 Å². The molecular weight excluding hydrogens is 370 g/mol. The lowest BCUT2D eigenvalue weighted by molar-refractivity contribution is -0.124. The van der Waals surface area contributed by atoms with Gasteiger partial charge in [-0.05, 0) is 92.4 Å². The predicted octanol–water partition coefficient (Wildman–Crippen LogP) is 5.85. The van der Waals surface area contributed by atoms with Gasteiger partial charge in [-0.2, -0.15) is 0 Å². The largest absolute Gasteiger partial charge is 0.326 e. The normalized spacial score (nSPS) is 29.4. The molecule has 1 N–H and O–H groups in total. The Morgan fingerprint density at radius 2 is 1.73 bits per heavy atom. The highest BCUT2D eigenvalue weighted by Crippen LogP contribution is 2.61. The van der Waals surface area contributed by atoms with E-state index in [-0.39, 0.29) is 11.3 Å². The summed E-state index contributed by atoms with van der Waals surface area (Å²) in [4.78, 5) is 17.7. The molecule has 0 saturated heterocycles. The van der Waals surface area contributed by atoms with Crippen LogP contribution >= 0.6 is 0 Å². The van der Waals surface area contributed by atoms with Crippen LogP contribution in [-0.4, -0.2) is 15.3 Å². The molecule has 4 fully saturated rings. The topological polar surface area (TPSA) is 46.4 Å². The molecule has 0 aliphatic heterocycles. The van der Waals surface area contributed by atoms with Crippen LogP contribution in [0.4, 0.5) is 5.69 Å². The number of carbonyl (C=O) groups excluding carboxylic acids is 1. The minimum Gasteiger partial charge on any atom is -0.326 e. The zero-order valence-corrected chi connectivity index (χ0v) is 17.6. The van der Waals surface area contributed by atoms with Gasteiger partial charge < -0.3 is 9.72 Å². The first-order valence-corrected chi connectivity index (χ1v) is 11.4. The summed E-state index contributed by atoms with van der Waals surface area (Å²) in [6, 6.07) is 12.2. The SMILES string of the molecule is Cc1cccn2cc(-c3ccc(NC(=O)CC45CC6CC(CC(C6)C4)C5)cc3)nc12. The minimum atomic E-state index is 0.188. The molecule has 4 nitrogen and oxygen atoms in total. The number of amides is 1. The maximum Gasteiger partial charge on any atom is 0.224 e. The van der Waals surface area contributed by atoms with Gasteiger partial charge in [-0.3, -0.25) is 4.79 Å². The number of rotatable bonds is 4. The lowest BCUT2D eigenvalue weighted by Gasteiger charge is -2.56. The van der Waals surface area contributed by atoms with Gasteiger partial charge in [0.25, 0.3) is 0 Å². The van der Waals surface area contributed by atoms with Crippen LogP contribution in [0, 0.1) is 30.1 Å². The molecule has 2 heterocycles. The first-order chi connectivity index (χ1) is 14.6. The Labute approximate surface area is 177 Å². The smallest absolute Gasteiger partial charge is 0.224 e. The summed E-state index contributed by atoms with van der Waals surface area (Å²) in [5, 5.41) is 3.17. The average molecular weight is 400 g/mol. The zero-order valence-electron chi connectivity index (χ0n) is 17.6. The van der Waals surface area contributed by atoms with E-state index >= 15 is 0 Å². The predicted molar refractivity (Wildman–Crippen MR) is 119 cm³/mol. The van der Waals surface area contributed by atoms with E-state index in [0.717, 1.165) is 45.9 Å². The Morgan fingerprint density at radius 3 is 2.37 bits per heavy atom. The molecule has 4 aliphatic carbocycles. The lowest BCUT2D eigenvalue weighted by atomic mass is 9.49. The number of hydrogen-bond acceptors (Lipinski definition) is 2. The minimum absolute atomic E-state index is 0.188. The average Bonchev–Trinajstić information content (AvgIpc) is 3.13. The number of benzene rings is 1. The van der Waals surface area contributed by atoms with Gasteiger partial charge in [-0.1, -0.05) is 18.2 Å². The summed E-state index contributed by atoms with van der Waals surface area (Å²) in [5.41, 5.74) is 5.34. The van der Waals surface area contributed by atoms with Crippen molar-refractivity contribution in [3.05, 3.63) is 54.4 Å². The fourth-order valence-corrected chi connectivity index (χ4v) is 7.07. The Kier molecular flexibility index (Phi) is 4.06. The highest BCUT2D eigenvalue weighted by atomic mass is 16.1. The van der Waals surface area contributed by atoms with Crippen molar-refractivity contribution < 1.29 is 4.79 Å². The number of hydrogen-bond donors (Lipinski definition) is 1. The molecule has 0 atom stereocenters. The van der Waals surface area contributed by atoms with Crippen molar-refractivity contribution in [3.8, 4) is 11.3 Å². The van der Waals surface area contributed by atoms with Crippen LogP contribution in [0.3, 0.4) is 0 Å². The van der Waals surface area contributed by atoms with Crippen LogP contribution in [0.2, 0.25) is 0 Å². The van der Waals surface area contributed by atoms with Gasteiger partial charge in [0, 0.05) is 30.1 Å². The van der Waals surface area contributed by atoms with Crippen molar-refractivity contribution in [2.45, 2.75) is 51.9 Å². The number of fused-ring (bicyclic) bond motifs is 1. The van der Waals surface area contributed by atoms with E-state index in [1.54, 1.807) is 0 Å². The Balaban J connectivity index is 1.15. The molecule has 1 aromatic carbocycles. The molecule has 7 rings (SSSR count). The van der Waals surface area contributed by atoms with Crippen LogP contribution in [0.25, 0.3) is 16.9 Å². The summed E-state index contributed by atoms with van der Waals surface area (Å²) in [7, 11) is 0. The molecule has 4 bridgehead atoms. The van der Waals surface area contributed by atoms with Gasteiger partial charge in [0.05, 0.1) is 5.69 Å². The number of aryl methyl sites for hydroxylation is 1. The van der Waals surface area contributed by atoms with E-state index < -0.39 is 0 Å². The van der Waals surface area contributed by atoms with Crippen LogP contribution in [0.5, 0.6) is 0 Å². The van der Waals surface area contributed by atoms with Gasteiger partial charge in [0.15, 0.2) is 0 Å². The molecule has 0 unspecified atom stereocenters. The molecule has 2 aromatic heterocycles. The Bertz CT molecular complexity index is 1080. The van der Waals surface area contributed by atoms with Crippen molar-refractivity contribution in [1.82, 2.24) is 9.38 Å². The van der Waals surface area contributed by atoms with Gasteiger partial charge in [0.1, 0.15) is 5.65 Å². The van der Waals surface area contributed by atoms with E-state index in [9.17, 15) is 4.79 Å². The first kappa shape index (κ1) is 18.2. The number of anilines is 1. The van der Waals surface area contributed by atoms with Crippen molar-refractivity contribution >= 4 is 17.2 Å². The van der Waals surface area contributed by atoms with Gasteiger partial charge in [-0.15, -0.1) is 0 Å². The van der Waals surface area contributed by atoms with Crippen molar-refractivity contribution in [2.24, 2.45) is 23.2 Å². The molecule has 4 saturated carbocycles. The molecule has 0 spiro atoms. The fourth-order valence-electron chi connectivity index (χ4n) is 7.07. The number of imidazole rings is 1. The van der Waals surface area contributed by atoms with E-state index in [0.29, 0.717) is 6.42 Å². The third kappa shape index (κ3) is 3.13. The number of nitrogens with zero attached hydrogens (tertiary/aromatic N) is 2. The summed E-state index contributed by atoms with van der Waals surface area (Å²) >= 11 is 0. The standard InChI is InChI=1S/C26H29N3O/c1-17-3-2-8-29-16-23(28-25(17)29)21-4-6-22(7-5-21)27-24(30)15-26-12-18-9-19(13-26)11-20(10-18)14-26/h2-8,16,18-20H,9-15H2,1H3,(H,27,30). The number of carbonyl (C=O) groups is 1. The maximum atomic E-state index is 12.9.